The lowest BCUT2D eigenvalue weighted by Crippen LogP contribution is -2.47. The van der Waals surface area contributed by atoms with E-state index in [0.717, 1.165) is 32.4 Å². The van der Waals surface area contributed by atoms with E-state index in [1.807, 2.05) is 13.8 Å². The van der Waals surface area contributed by atoms with Gasteiger partial charge in [-0.3, -0.25) is 4.90 Å². The third-order valence-electron chi connectivity index (χ3n) is 3.97. The minimum Gasteiger partial charge on any atom is -0.389 e. The molecule has 1 rings (SSSR count). The molecule has 1 atom stereocenters. The van der Waals surface area contributed by atoms with Crippen LogP contribution in [-0.2, 0) is 0 Å². The van der Waals surface area contributed by atoms with E-state index in [9.17, 15) is 5.11 Å². The molecule has 0 bridgehead atoms. The third-order valence-corrected chi connectivity index (χ3v) is 3.97. The fraction of sp³-hybridized carbons (Fsp3) is 1.00. The van der Waals surface area contributed by atoms with Gasteiger partial charge >= 0.3 is 0 Å². The topological polar surface area (TPSA) is 49.5 Å². The fourth-order valence-corrected chi connectivity index (χ4v) is 2.52. The second-order valence-electron chi connectivity index (χ2n) is 5.48. The molecular weight excluding hydrogens is 200 g/mol. The van der Waals surface area contributed by atoms with Gasteiger partial charge in [0.05, 0.1) is 5.60 Å². The van der Waals surface area contributed by atoms with E-state index in [1.54, 1.807) is 0 Å². The molecule has 0 aliphatic heterocycles. The van der Waals surface area contributed by atoms with Crippen LogP contribution < -0.4 is 5.73 Å². The summed E-state index contributed by atoms with van der Waals surface area (Å²) < 4.78 is 0. The van der Waals surface area contributed by atoms with Crippen molar-refractivity contribution >= 4 is 0 Å². The number of rotatable bonds is 5. The summed E-state index contributed by atoms with van der Waals surface area (Å²) in [6.07, 6.45) is 5.46. The van der Waals surface area contributed by atoms with Gasteiger partial charge in [0.25, 0.3) is 0 Å². The minimum atomic E-state index is -0.546. The molecule has 3 N–H and O–H groups in total. The van der Waals surface area contributed by atoms with Gasteiger partial charge in [-0.2, -0.15) is 0 Å². The Kier molecular flexibility index (Phi) is 5.22. The highest BCUT2D eigenvalue weighted by atomic mass is 16.3. The first kappa shape index (κ1) is 13.9. The minimum absolute atomic E-state index is 0.404. The first-order chi connectivity index (χ1) is 7.48. The van der Waals surface area contributed by atoms with Crippen molar-refractivity contribution in [3.8, 4) is 0 Å². The molecule has 1 aliphatic rings. The van der Waals surface area contributed by atoms with E-state index in [1.165, 1.54) is 12.8 Å². The van der Waals surface area contributed by atoms with Crippen LogP contribution in [0.5, 0.6) is 0 Å². The molecule has 0 radical (unpaired) electrons. The lowest BCUT2D eigenvalue weighted by Gasteiger charge is -2.39. The Morgan fingerprint density at radius 1 is 1.25 bits per heavy atom. The van der Waals surface area contributed by atoms with Crippen LogP contribution >= 0.6 is 0 Å². The SMILES string of the molecule is CCN(CC(C)(O)CC)C1CCC(N)CC1. The molecule has 1 unspecified atom stereocenters. The first-order valence-corrected chi connectivity index (χ1v) is 6.70. The molecule has 0 aromatic carbocycles. The van der Waals surface area contributed by atoms with E-state index >= 15 is 0 Å². The Morgan fingerprint density at radius 2 is 1.81 bits per heavy atom. The van der Waals surface area contributed by atoms with Crippen molar-refractivity contribution in [3.63, 3.8) is 0 Å². The average Bonchev–Trinajstić information content (AvgIpc) is 2.27. The van der Waals surface area contributed by atoms with Gasteiger partial charge in [-0.25, -0.2) is 0 Å². The van der Waals surface area contributed by atoms with Crippen molar-refractivity contribution in [2.45, 2.75) is 70.6 Å². The number of hydrogen-bond acceptors (Lipinski definition) is 3. The molecular formula is C13H28N2O. The summed E-state index contributed by atoms with van der Waals surface area (Å²) in [6, 6.07) is 1.03. The van der Waals surface area contributed by atoms with Gasteiger partial charge in [-0.1, -0.05) is 13.8 Å². The van der Waals surface area contributed by atoms with Gasteiger partial charge in [-0.15, -0.1) is 0 Å². The highest BCUT2D eigenvalue weighted by Gasteiger charge is 2.28. The van der Waals surface area contributed by atoms with Crippen LogP contribution in [0.1, 0.15) is 52.9 Å². The van der Waals surface area contributed by atoms with Crippen LogP contribution in [0, 0.1) is 0 Å². The zero-order valence-corrected chi connectivity index (χ0v) is 11.1. The van der Waals surface area contributed by atoms with Gasteiger partial charge < -0.3 is 10.8 Å². The highest BCUT2D eigenvalue weighted by Crippen LogP contribution is 2.24. The zero-order chi connectivity index (χ0) is 12.2. The summed E-state index contributed by atoms with van der Waals surface area (Å²) in [5, 5.41) is 10.1. The maximum atomic E-state index is 10.1. The Hall–Kier alpha value is -0.120. The van der Waals surface area contributed by atoms with Crippen LogP contribution in [0.25, 0.3) is 0 Å². The van der Waals surface area contributed by atoms with Crippen molar-refractivity contribution in [1.82, 2.24) is 4.90 Å². The molecule has 1 saturated carbocycles. The van der Waals surface area contributed by atoms with Crippen molar-refractivity contribution < 1.29 is 5.11 Å². The third kappa shape index (κ3) is 4.04. The van der Waals surface area contributed by atoms with Gasteiger partial charge in [0.1, 0.15) is 0 Å². The molecule has 96 valence electrons. The molecule has 0 spiro atoms. The summed E-state index contributed by atoms with van der Waals surface area (Å²) in [5.74, 6) is 0. The van der Waals surface area contributed by atoms with Crippen molar-refractivity contribution in [2.75, 3.05) is 13.1 Å². The summed E-state index contributed by atoms with van der Waals surface area (Å²) in [4.78, 5) is 2.43. The number of nitrogens with zero attached hydrogens (tertiary/aromatic N) is 1. The Labute approximate surface area is 100 Å². The van der Waals surface area contributed by atoms with Gasteiger partial charge in [0.15, 0.2) is 0 Å². The Balaban J connectivity index is 2.47. The smallest absolute Gasteiger partial charge is 0.0743 e. The predicted octanol–water partition coefficient (Wildman–Crippen LogP) is 1.74. The number of hydrogen-bond donors (Lipinski definition) is 2. The zero-order valence-electron chi connectivity index (χ0n) is 11.1. The van der Waals surface area contributed by atoms with E-state index in [4.69, 9.17) is 5.73 Å². The second kappa shape index (κ2) is 5.99. The van der Waals surface area contributed by atoms with Gasteiger partial charge in [0, 0.05) is 18.6 Å². The fourth-order valence-electron chi connectivity index (χ4n) is 2.52. The van der Waals surface area contributed by atoms with E-state index < -0.39 is 5.60 Å². The summed E-state index contributed by atoms with van der Waals surface area (Å²) in [5.41, 5.74) is 5.38. The summed E-state index contributed by atoms with van der Waals surface area (Å²) in [7, 11) is 0. The van der Waals surface area contributed by atoms with Crippen LogP contribution in [0.4, 0.5) is 0 Å². The van der Waals surface area contributed by atoms with Crippen LogP contribution in [-0.4, -0.2) is 40.8 Å². The molecule has 0 aromatic heterocycles. The lowest BCUT2D eigenvalue weighted by atomic mass is 9.89. The molecule has 1 fully saturated rings. The van der Waals surface area contributed by atoms with Gasteiger partial charge in [-0.05, 0) is 45.6 Å². The lowest BCUT2D eigenvalue weighted by molar-refractivity contribution is -0.00149. The molecule has 1 aliphatic carbocycles. The van der Waals surface area contributed by atoms with Crippen molar-refractivity contribution in [3.05, 3.63) is 0 Å². The highest BCUT2D eigenvalue weighted by molar-refractivity contribution is 4.84. The Morgan fingerprint density at radius 3 is 2.25 bits per heavy atom. The van der Waals surface area contributed by atoms with E-state index in [2.05, 4.69) is 11.8 Å². The van der Waals surface area contributed by atoms with Crippen LogP contribution in [0.2, 0.25) is 0 Å². The van der Waals surface area contributed by atoms with Crippen molar-refractivity contribution in [1.29, 1.82) is 0 Å². The molecule has 3 heteroatoms. The maximum Gasteiger partial charge on any atom is 0.0743 e. The molecule has 3 nitrogen and oxygen atoms in total. The van der Waals surface area contributed by atoms with Crippen molar-refractivity contribution in [2.24, 2.45) is 5.73 Å². The average molecular weight is 228 g/mol. The predicted molar refractivity (Wildman–Crippen MR) is 68.4 cm³/mol. The standard InChI is InChI=1S/C13H28N2O/c1-4-13(3,16)10-15(5-2)12-8-6-11(14)7-9-12/h11-12,16H,4-10,14H2,1-3H3. The van der Waals surface area contributed by atoms with Crippen LogP contribution in [0.3, 0.4) is 0 Å². The molecule has 0 amide bonds. The summed E-state index contributed by atoms with van der Waals surface area (Å²) in [6.45, 7) is 7.98. The van der Waals surface area contributed by atoms with Crippen LogP contribution in [0.15, 0.2) is 0 Å². The normalized spacial score (nSPS) is 30.4. The van der Waals surface area contributed by atoms with E-state index in [0.29, 0.717) is 12.1 Å². The number of likely N-dealkylation sites (N-methyl/N-ethyl adjacent to an activating group) is 1. The van der Waals surface area contributed by atoms with Gasteiger partial charge in [0.2, 0.25) is 0 Å². The Bertz CT molecular complexity index is 198. The number of aliphatic hydroxyl groups is 1. The molecule has 0 aromatic rings. The maximum absolute atomic E-state index is 10.1. The van der Waals surface area contributed by atoms with E-state index in [-0.39, 0.29) is 0 Å². The summed E-state index contributed by atoms with van der Waals surface area (Å²) >= 11 is 0. The largest absolute Gasteiger partial charge is 0.389 e. The first-order valence-electron chi connectivity index (χ1n) is 6.70. The number of nitrogens with two attached hydrogens (primary N) is 1. The molecule has 0 saturated heterocycles. The molecule has 16 heavy (non-hydrogen) atoms. The molecule has 0 heterocycles. The quantitative estimate of drug-likeness (QED) is 0.753. The monoisotopic (exact) mass is 228 g/mol. The second-order valence-corrected chi connectivity index (χ2v) is 5.48.